The Kier molecular flexibility index (Phi) is 4.45. The molecule has 6 heteroatoms. The molecule has 1 aliphatic carbocycles. The van der Waals surface area contributed by atoms with Crippen LogP contribution in [-0.2, 0) is 9.84 Å². The molecule has 0 heterocycles. The van der Waals surface area contributed by atoms with E-state index in [1.165, 1.54) is 12.1 Å². The van der Waals surface area contributed by atoms with Crippen LogP contribution in [0.25, 0.3) is 0 Å². The number of rotatable bonds is 3. The molecule has 20 heavy (non-hydrogen) atoms. The SMILES string of the molecule is CS(=O)(=O)c1cccc(C(=O)NO)c1C1CCCCC1. The molecule has 1 saturated carbocycles. The lowest BCUT2D eigenvalue weighted by atomic mass is 9.82. The summed E-state index contributed by atoms with van der Waals surface area (Å²) >= 11 is 0. The second-order valence-electron chi connectivity index (χ2n) is 5.27. The molecular weight excluding hydrogens is 278 g/mol. The van der Waals surface area contributed by atoms with Crippen molar-refractivity contribution in [3.8, 4) is 0 Å². The Balaban J connectivity index is 2.61. The zero-order chi connectivity index (χ0) is 14.8. The van der Waals surface area contributed by atoms with E-state index in [2.05, 4.69) is 0 Å². The molecule has 1 amide bonds. The number of sulfone groups is 1. The lowest BCUT2D eigenvalue weighted by Gasteiger charge is -2.25. The summed E-state index contributed by atoms with van der Waals surface area (Å²) in [5, 5.41) is 8.86. The smallest absolute Gasteiger partial charge is 0.274 e. The van der Waals surface area contributed by atoms with Gasteiger partial charge < -0.3 is 0 Å². The molecule has 5 nitrogen and oxygen atoms in total. The van der Waals surface area contributed by atoms with E-state index in [1.54, 1.807) is 11.5 Å². The Morgan fingerprint density at radius 2 is 1.90 bits per heavy atom. The first-order valence-electron chi connectivity index (χ1n) is 6.72. The van der Waals surface area contributed by atoms with Gasteiger partial charge in [-0.05, 0) is 36.5 Å². The standard InChI is InChI=1S/C14H19NO4S/c1-20(18,19)12-9-5-8-11(14(16)15-17)13(12)10-6-3-2-4-7-10/h5,8-10,17H,2-4,6-7H2,1H3,(H,15,16). The molecule has 0 aromatic heterocycles. The molecule has 1 fully saturated rings. The molecule has 0 spiro atoms. The summed E-state index contributed by atoms with van der Waals surface area (Å²) in [4.78, 5) is 12.0. The minimum atomic E-state index is -3.41. The van der Waals surface area contributed by atoms with Gasteiger partial charge in [0.25, 0.3) is 5.91 Å². The summed E-state index contributed by atoms with van der Waals surface area (Å²) in [5.74, 6) is -0.599. The van der Waals surface area contributed by atoms with Crippen LogP contribution in [0.4, 0.5) is 0 Å². The molecule has 2 N–H and O–H groups in total. The van der Waals surface area contributed by atoms with Crippen molar-refractivity contribution in [2.24, 2.45) is 0 Å². The van der Waals surface area contributed by atoms with E-state index in [0.29, 0.717) is 5.56 Å². The summed E-state index contributed by atoms with van der Waals surface area (Å²) in [5.41, 5.74) is 2.41. The molecule has 1 aromatic rings. The van der Waals surface area contributed by atoms with Crippen LogP contribution in [0.1, 0.15) is 53.9 Å². The summed E-state index contributed by atoms with van der Waals surface area (Å²) in [7, 11) is -3.41. The van der Waals surface area contributed by atoms with Gasteiger partial charge in [-0.15, -0.1) is 0 Å². The topological polar surface area (TPSA) is 83.5 Å². The van der Waals surface area contributed by atoms with E-state index < -0.39 is 15.7 Å². The average Bonchev–Trinajstić information content (AvgIpc) is 2.45. The monoisotopic (exact) mass is 297 g/mol. The van der Waals surface area contributed by atoms with Crippen LogP contribution in [-0.4, -0.2) is 25.8 Å². The highest BCUT2D eigenvalue weighted by molar-refractivity contribution is 7.90. The Bertz CT molecular complexity index is 604. The van der Waals surface area contributed by atoms with E-state index in [1.807, 2.05) is 0 Å². The second-order valence-corrected chi connectivity index (χ2v) is 7.25. The third kappa shape index (κ3) is 3.02. The maximum Gasteiger partial charge on any atom is 0.274 e. The van der Waals surface area contributed by atoms with Crippen molar-refractivity contribution in [1.82, 2.24) is 5.48 Å². The van der Waals surface area contributed by atoms with E-state index in [9.17, 15) is 13.2 Å². The van der Waals surface area contributed by atoms with Crippen molar-refractivity contribution in [2.75, 3.05) is 6.26 Å². The lowest BCUT2D eigenvalue weighted by molar-refractivity contribution is 0.0704. The fourth-order valence-corrected chi connectivity index (χ4v) is 3.94. The predicted octanol–water partition coefficient (Wildman–Crippen LogP) is 2.26. The second kappa shape index (κ2) is 5.93. The van der Waals surface area contributed by atoms with Crippen LogP contribution in [0.2, 0.25) is 0 Å². The van der Waals surface area contributed by atoms with Gasteiger partial charge in [-0.2, -0.15) is 0 Å². The van der Waals surface area contributed by atoms with E-state index in [4.69, 9.17) is 5.21 Å². The fraction of sp³-hybridized carbons (Fsp3) is 0.500. The van der Waals surface area contributed by atoms with Crippen LogP contribution in [0.5, 0.6) is 0 Å². The van der Waals surface area contributed by atoms with Crippen LogP contribution in [0, 0.1) is 0 Å². The van der Waals surface area contributed by atoms with Gasteiger partial charge in [0.05, 0.1) is 4.90 Å². The molecule has 0 radical (unpaired) electrons. The van der Waals surface area contributed by atoms with E-state index in [0.717, 1.165) is 38.4 Å². The number of carbonyl (C=O) groups is 1. The molecule has 0 saturated heterocycles. The van der Waals surface area contributed by atoms with Gasteiger partial charge in [0.2, 0.25) is 0 Å². The quantitative estimate of drug-likeness (QED) is 0.662. The van der Waals surface area contributed by atoms with Gasteiger partial charge >= 0.3 is 0 Å². The molecule has 0 bridgehead atoms. The van der Waals surface area contributed by atoms with Crippen molar-refractivity contribution in [3.63, 3.8) is 0 Å². The molecule has 1 aromatic carbocycles. The number of benzene rings is 1. The Morgan fingerprint density at radius 3 is 2.45 bits per heavy atom. The first kappa shape index (κ1) is 15.0. The summed E-state index contributed by atoms with van der Waals surface area (Å²) in [6.45, 7) is 0. The third-order valence-corrected chi connectivity index (χ3v) is 4.98. The minimum absolute atomic E-state index is 0.0574. The van der Waals surface area contributed by atoms with Crippen molar-refractivity contribution in [1.29, 1.82) is 0 Å². The Hall–Kier alpha value is -1.40. The minimum Gasteiger partial charge on any atom is -0.288 e. The summed E-state index contributed by atoms with van der Waals surface area (Å²) in [6, 6.07) is 4.63. The van der Waals surface area contributed by atoms with Crippen molar-refractivity contribution < 1.29 is 18.4 Å². The maximum atomic E-state index is 12.0. The summed E-state index contributed by atoms with van der Waals surface area (Å²) < 4.78 is 23.9. The van der Waals surface area contributed by atoms with E-state index >= 15 is 0 Å². The number of hydrogen-bond donors (Lipinski definition) is 2. The molecule has 0 aliphatic heterocycles. The van der Waals surface area contributed by atoms with Crippen LogP contribution in [0.15, 0.2) is 23.1 Å². The predicted molar refractivity (Wildman–Crippen MR) is 74.6 cm³/mol. The number of amides is 1. The molecule has 0 atom stereocenters. The van der Waals surface area contributed by atoms with Crippen molar-refractivity contribution in [2.45, 2.75) is 42.9 Å². The van der Waals surface area contributed by atoms with Gasteiger partial charge in [0.15, 0.2) is 9.84 Å². The maximum absolute atomic E-state index is 12.0. The number of nitrogens with one attached hydrogen (secondary N) is 1. The lowest BCUT2D eigenvalue weighted by Crippen LogP contribution is -2.23. The molecule has 1 aliphatic rings. The van der Waals surface area contributed by atoms with Crippen LogP contribution >= 0.6 is 0 Å². The number of carbonyl (C=O) groups excluding carboxylic acids is 1. The van der Waals surface area contributed by atoms with Crippen LogP contribution in [0.3, 0.4) is 0 Å². The number of hydroxylamine groups is 1. The van der Waals surface area contributed by atoms with Gasteiger partial charge in [0, 0.05) is 11.8 Å². The molecular formula is C14H19NO4S. The van der Waals surface area contributed by atoms with Gasteiger partial charge in [-0.1, -0.05) is 25.3 Å². The molecule has 2 rings (SSSR count). The average molecular weight is 297 g/mol. The summed E-state index contributed by atoms with van der Waals surface area (Å²) in [6.07, 6.45) is 6.09. The first-order chi connectivity index (χ1) is 9.45. The third-order valence-electron chi connectivity index (χ3n) is 3.83. The van der Waals surface area contributed by atoms with Gasteiger partial charge in [0.1, 0.15) is 0 Å². The molecule has 110 valence electrons. The fourth-order valence-electron chi connectivity index (χ4n) is 2.94. The largest absolute Gasteiger partial charge is 0.288 e. The normalized spacial score (nSPS) is 16.9. The van der Waals surface area contributed by atoms with Crippen LogP contribution < -0.4 is 5.48 Å². The zero-order valence-electron chi connectivity index (χ0n) is 11.4. The Labute approximate surface area is 118 Å². The highest BCUT2D eigenvalue weighted by Crippen LogP contribution is 2.37. The molecule has 0 unspecified atom stereocenters. The van der Waals surface area contributed by atoms with E-state index in [-0.39, 0.29) is 16.4 Å². The van der Waals surface area contributed by atoms with Crippen molar-refractivity contribution in [3.05, 3.63) is 29.3 Å². The highest BCUT2D eigenvalue weighted by atomic mass is 32.2. The van der Waals surface area contributed by atoms with Gasteiger partial charge in [-0.25, -0.2) is 13.9 Å². The van der Waals surface area contributed by atoms with Gasteiger partial charge in [-0.3, -0.25) is 10.0 Å². The van der Waals surface area contributed by atoms with Crippen molar-refractivity contribution >= 4 is 15.7 Å². The Morgan fingerprint density at radius 1 is 1.25 bits per heavy atom. The number of hydrogen-bond acceptors (Lipinski definition) is 4. The highest BCUT2D eigenvalue weighted by Gasteiger charge is 2.27. The zero-order valence-corrected chi connectivity index (χ0v) is 12.2. The first-order valence-corrected chi connectivity index (χ1v) is 8.61.